The molecule has 4 rings (SSSR count). The Labute approximate surface area is 184 Å². The van der Waals surface area contributed by atoms with Crippen LogP contribution in [0.3, 0.4) is 0 Å². The molecule has 7 heteroatoms. The molecule has 0 spiro atoms. The normalized spacial score (nSPS) is 10.5. The first-order valence-corrected chi connectivity index (χ1v) is 10.5. The van der Waals surface area contributed by atoms with Gasteiger partial charge in [-0.05, 0) is 49.6 Å². The molecule has 0 radical (unpaired) electrons. The Balaban J connectivity index is 1.61. The molecule has 2 aromatic heterocycles. The van der Waals surface area contributed by atoms with Crippen LogP contribution < -0.4 is 10.6 Å². The molecule has 2 N–H and O–H groups in total. The number of carbonyl (C=O) groups excluding carboxylic acids is 2. The molecular formula is C24H20N4O2S. The van der Waals surface area contributed by atoms with Crippen molar-refractivity contribution in [3.8, 4) is 10.4 Å². The Hall–Kier alpha value is -3.84. The first kappa shape index (κ1) is 20.4. The second kappa shape index (κ2) is 8.89. The van der Waals surface area contributed by atoms with Crippen LogP contribution in [0.5, 0.6) is 0 Å². The van der Waals surface area contributed by atoms with Crippen LogP contribution in [0, 0.1) is 13.8 Å². The maximum atomic E-state index is 13.1. The quantitative estimate of drug-likeness (QED) is 0.450. The largest absolute Gasteiger partial charge is 0.321 e. The fraction of sp³-hybridized carbons (Fsp3) is 0.0833. The van der Waals surface area contributed by atoms with Crippen LogP contribution >= 0.6 is 11.3 Å². The van der Waals surface area contributed by atoms with Crippen molar-refractivity contribution >= 4 is 34.5 Å². The summed E-state index contributed by atoms with van der Waals surface area (Å²) < 4.78 is 0. The van der Waals surface area contributed by atoms with Crippen LogP contribution in [-0.2, 0) is 0 Å². The molecule has 0 atom stereocenters. The van der Waals surface area contributed by atoms with Gasteiger partial charge in [0, 0.05) is 34.2 Å². The predicted molar refractivity (Wildman–Crippen MR) is 124 cm³/mol. The second-order valence-electron chi connectivity index (χ2n) is 7.05. The topological polar surface area (TPSA) is 84.0 Å². The number of hydrogen-bond acceptors (Lipinski definition) is 5. The molecule has 2 amide bonds. The van der Waals surface area contributed by atoms with Crippen molar-refractivity contribution in [2.24, 2.45) is 0 Å². The fourth-order valence-corrected chi connectivity index (χ4v) is 3.84. The summed E-state index contributed by atoms with van der Waals surface area (Å²) in [6.45, 7) is 3.96. The smallest absolute Gasteiger partial charge is 0.276 e. The van der Waals surface area contributed by atoms with Gasteiger partial charge in [0.1, 0.15) is 0 Å². The molecule has 2 heterocycles. The summed E-state index contributed by atoms with van der Waals surface area (Å²) in [6.07, 6.45) is 2.79. The SMILES string of the molecule is Cc1ccc(NC(=O)c2nccnc2C(=O)Nc2ccc(C)cc2-c2cccs2)cc1. The summed E-state index contributed by atoms with van der Waals surface area (Å²) >= 11 is 1.59. The van der Waals surface area contributed by atoms with Gasteiger partial charge < -0.3 is 10.6 Å². The van der Waals surface area contributed by atoms with Crippen LogP contribution in [0.4, 0.5) is 11.4 Å². The Morgan fingerprint density at radius 1 is 0.806 bits per heavy atom. The lowest BCUT2D eigenvalue weighted by Crippen LogP contribution is -2.23. The molecule has 31 heavy (non-hydrogen) atoms. The van der Waals surface area contributed by atoms with Gasteiger partial charge >= 0.3 is 0 Å². The van der Waals surface area contributed by atoms with Crippen LogP contribution in [-0.4, -0.2) is 21.8 Å². The number of benzene rings is 2. The van der Waals surface area contributed by atoms with Crippen LogP contribution in [0.25, 0.3) is 10.4 Å². The monoisotopic (exact) mass is 428 g/mol. The number of amides is 2. The van der Waals surface area contributed by atoms with Crippen molar-refractivity contribution in [3.63, 3.8) is 0 Å². The third-order valence-corrected chi connectivity index (χ3v) is 5.55. The molecule has 4 aromatic rings. The van der Waals surface area contributed by atoms with Gasteiger partial charge in [0.25, 0.3) is 11.8 Å². The maximum Gasteiger partial charge on any atom is 0.276 e. The lowest BCUT2D eigenvalue weighted by atomic mass is 10.1. The number of thiophene rings is 1. The zero-order valence-corrected chi connectivity index (χ0v) is 17.9. The number of anilines is 2. The number of nitrogens with zero attached hydrogens (tertiary/aromatic N) is 2. The van der Waals surface area contributed by atoms with Crippen molar-refractivity contribution < 1.29 is 9.59 Å². The van der Waals surface area contributed by atoms with E-state index in [1.54, 1.807) is 23.5 Å². The summed E-state index contributed by atoms with van der Waals surface area (Å²) in [6, 6.07) is 17.1. The lowest BCUT2D eigenvalue weighted by Gasteiger charge is -2.12. The van der Waals surface area contributed by atoms with Crippen LogP contribution in [0.1, 0.15) is 32.1 Å². The van der Waals surface area contributed by atoms with Gasteiger partial charge in [-0.15, -0.1) is 11.3 Å². The number of hydrogen-bond donors (Lipinski definition) is 2. The molecule has 154 valence electrons. The molecule has 0 fully saturated rings. The zero-order chi connectivity index (χ0) is 21.8. The molecule has 0 unspecified atom stereocenters. The molecule has 0 aliphatic rings. The highest BCUT2D eigenvalue weighted by Gasteiger charge is 2.21. The van der Waals surface area contributed by atoms with Crippen LogP contribution in [0.2, 0.25) is 0 Å². The van der Waals surface area contributed by atoms with Gasteiger partial charge in [0.2, 0.25) is 0 Å². The first-order valence-electron chi connectivity index (χ1n) is 9.66. The molecule has 0 bridgehead atoms. The Morgan fingerprint density at radius 2 is 1.45 bits per heavy atom. The molecule has 0 aliphatic heterocycles. The first-order chi connectivity index (χ1) is 15.0. The van der Waals surface area contributed by atoms with Crippen molar-refractivity contribution in [1.82, 2.24) is 9.97 Å². The highest BCUT2D eigenvalue weighted by atomic mass is 32.1. The maximum absolute atomic E-state index is 13.1. The van der Waals surface area contributed by atoms with E-state index in [-0.39, 0.29) is 11.4 Å². The zero-order valence-electron chi connectivity index (χ0n) is 17.0. The van der Waals surface area contributed by atoms with E-state index in [2.05, 4.69) is 20.6 Å². The predicted octanol–water partition coefficient (Wildman–Crippen LogP) is 5.33. The fourth-order valence-electron chi connectivity index (χ4n) is 3.08. The average molecular weight is 429 g/mol. The summed E-state index contributed by atoms with van der Waals surface area (Å²) in [7, 11) is 0. The number of carbonyl (C=O) groups is 2. The molecular weight excluding hydrogens is 408 g/mol. The Kier molecular flexibility index (Phi) is 5.86. The lowest BCUT2D eigenvalue weighted by molar-refractivity contribution is 0.0983. The van der Waals surface area contributed by atoms with Crippen molar-refractivity contribution in [2.75, 3.05) is 10.6 Å². The van der Waals surface area contributed by atoms with E-state index in [4.69, 9.17) is 0 Å². The Morgan fingerprint density at radius 3 is 2.10 bits per heavy atom. The van der Waals surface area contributed by atoms with E-state index in [1.165, 1.54) is 12.4 Å². The van der Waals surface area contributed by atoms with Gasteiger partial charge in [-0.2, -0.15) is 0 Å². The molecule has 6 nitrogen and oxygen atoms in total. The highest BCUT2D eigenvalue weighted by Crippen LogP contribution is 2.32. The van der Waals surface area contributed by atoms with E-state index < -0.39 is 11.8 Å². The minimum Gasteiger partial charge on any atom is -0.321 e. The molecule has 0 saturated carbocycles. The Bertz CT molecular complexity index is 1230. The number of rotatable bonds is 5. The van der Waals surface area contributed by atoms with Gasteiger partial charge in [-0.1, -0.05) is 35.4 Å². The third-order valence-electron chi connectivity index (χ3n) is 4.65. The van der Waals surface area contributed by atoms with E-state index in [1.807, 2.05) is 61.7 Å². The van der Waals surface area contributed by atoms with Crippen molar-refractivity contribution in [3.05, 3.63) is 94.9 Å². The van der Waals surface area contributed by atoms with Gasteiger partial charge in [0.15, 0.2) is 11.4 Å². The summed E-state index contributed by atoms with van der Waals surface area (Å²) in [5, 5.41) is 7.65. The standard InChI is InChI=1S/C24H20N4O2S/c1-15-5-8-17(9-6-15)27-23(29)21-22(26-12-11-25-21)24(30)28-19-10-7-16(2)14-18(19)20-4-3-13-31-20/h3-14H,1-2H3,(H,27,29)(H,28,30). The van der Waals surface area contributed by atoms with E-state index >= 15 is 0 Å². The minimum absolute atomic E-state index is 0.0367. The number of aromatic nitrogens is 2. The number of aryl methyl sites for hydroxylation is 2. The van der Waals surface area contributed by atoms with E-state index in [9.17, 15) is 9.59 Å². The third kappa shape index (κ3) is 4.67. The number of nitrogens with one attached hydrogen (secondary N) is 2. The highest BCUT2D eigenvalue weighted by molar-refractivity contribution is 7.13. The molecule has 0 aliphatic carbocycles. The molecule has 0 saturated heterocycles. The van der Waals surface area contributed by atoms with Gasteiger partial charge in [0.05, 0.1) is 0 Å². The molecule has 2 aromatic carbocycles. The summed E-state index contributed by atoms with van der Waals surface area (Å²) in [4.78, 5) is 35.1. The van der Waals surface area contributed by atoms with E-state index in [0.29, 0.717) is 11.4 Å². The minimum atomic E-state index is -0.496. The van der Waals surface area contributed by atoms with Crippen LogP contribution in [0.15, 0.2) is 72.4 Å². The van der Waals surface area contributed by atoms with Crippen molar-refractivity contribution in [2.45, 2.75) is 13.8 Å². The van der Waals surface area contributed by atoms with Gasteiger partial charge in [-0.25, -0.2) is 9.97 Å². The summed E-state index contributed by atoms with van der Waals surface area (Å²) in [5.74, 6) is -0.992. The van der Waals surface area contributed by atoms with E-state index in [0.717, 1.165) is 21.6 Å². The van der Waals surface area contributed by atoms with Gasteiger partial charge in [-0.3, -0.25) is 9.59 Å². The van der Waals surface area contributed by atoms with Crippen molar-refractivity contribution in [1.29, 1.82) is 0 Å². The average Bonchev–Trinajstić information content (AvgIpc) is 3.31. The summed E-state index contributed by atoms with van der Waals surface area (Å²) in [5.41, 5.74) is 4.27. The second-order valence-corrected chi connectivity index (χ2v) is 8.00.